The monoisotopic (exact) mass is 427 g/mol. The molecule has 0 fully saturated rings. The number of hydrogen-bond acceptors (Lipinski definition) is 6. The minimum atomic E-state index is -0.673. The van der Waals surface area contributed by atoms with E-state index in [1.807, 2.05) is 0 Å². The molecule has 1 aliphatic heterocycles. The first-order valence-corrected chi connectivity index (χ1v) is 9.41. The molecule has 1 aromatic heterocycles. The number of imide groups is 1. The zero-order chi connectivity index (χ0) is 21.6. The number of carbonyl (C=O) groups is 3. The number of fused-ring (bicyclic) bond motifs is 2. The SMILES string of the molecule is CCOC(=O)c1ccc(N2C(=O)c3nc4c(NC)cc(F)cc4c(Cl)c3C2=O)cc1. The Kier molecular flexibility index (Phi) is 4.87. The Balaban J connectivity index is 1.81. The third kappa shape index (κ3) is 2.96. The van der Waals surface area contributed by atoms with E-state index in [4.69, 9.17) is 16.3 Å². The molecule has 0 radical (unpaired) electrons. The fourth-order valence-electron chi connectivity index (χ4n) is 3.34. The second-order valence-corrected chi connectivity index (χ2v) is 6.84. The van der Waals surface area contributed by atoms with Crippen LogP contribution in [0.25, 0.3) is 10.9 Å². The number of carbonyl (C=O) groups excluding carboxylic acids is 3. The van der Waals surface area contributed by atoms with Gasteiger partial charge in [0.1, 0.15) is 11.5 Å². The summed E-state index contributed by atoms with van der Waals surface area (Å²) in [6, 6.07) is 8.22. The van der Waals surface area contributed by atoms with Crippen molar-refractivity contribution in [3.05, 3.63) is 64.1 Å². The van der Waals surface area contributed by atoms with Gasteiger partial charge in [-0.25, -0.2) is 19.1 Å². The van der Waals surface area contributed by atoms with Crippen LogP contribution < -0.4 is 10.2 Å². The molecule has 2 aromatic carbocycles. The molecule has 0 aliphatic carbocycles. The highest BCUT2D eigenvalue weighted by Crippen LogP contribution is 2.38. The van der Waals surface area contributed by atoms with Gasteiger partial charge in [-0.1, -0.05) is 11.6 Å². The molecule has 7 nitrogen and oxygen atoms in total. The molecular formula is C21H15ClFN3O4. The third-order valence-electron chi connectivity index (χ3n) is 4.72. The molecule has 1 N–H and O–H groups in total. The molecule has 152 valence electrons. The maximum atomic E-state index is 14.0. The highest BCUT2D eigenvalue weighted by atomic mass is 35.5. The lowest BCUT2D eigenvalue weighted by molar-refractivity contribution is 0.0526. The highest BCUT2D eigenvalue weighted by Gasteiger charge is 2.41. The normalized spacial score (nSPS) is 13.0. The molecule has 0 spiro atoms. The first kappa shape index (κ1) is 19.8. The van der Waals surface area contributed by atoms with E-state index in [9.17, 15) is 18.8 Å². The molecule has 0 unspecified atom stereocenters. The van der Waals surface area contributed by atoms with Crippen molar-refractivity contribution < 1.29 is 23.5 Å². The Bertz CT molecular complexity index is 1230. The van der Waals surface area contributed by atoms with Gasteiger partial charge in [-0.2, -0.15) is 0 Å². The van der Waals surface area contributed by atoms with Crippen LogP contribution >= 0.6 is 11.6 Å². The highest BCUT2D eigenvalue weighted by molar-refractivity contribution is 6.45. The van der Waals surface area contributed by atoms with Crippen LogP contribution in [-0.2, 0) is 4.74 Å². The van der Waals surface area contributed by atoms with Crippen LogP contribution in [-0.4, -0.2) is 36.4 Å². The number of nitrogens with one attached hydrogen (secondary N) is 1. The van der Waals surface area contributed by atoms with E-state index in [-0.39, 0.29) is 45.0 Å². The number of halogens is 2. The van der Waals surface area contributed by atoms with Crippen molar-refractivity contribution in [2.45, 2.75) is 6.92 Å². The van der Waals surface area contributed by atoms with Crippen LogP contribution in [0.4, 0.5) is 15.8 Å². The first-order chi connectivity index (χ1) is 14.4. The first-order valence-electron chi connectivity index (χ1n) is 9.03. The Morgan fingerprint density at radius 3 is 2.53 bits per heavy atom. The van der Waals surface area contributed by atoms with Crippen LogP contribution in [0, 0.1) is 5.82 Å². The van der Waals surface area contributed by atoms with Crippen LogP contribution in [0.2, 0.25) is 5.02 Å². The van der Waals surface area contributed by atoms with E-state index < -0.39 is 23.6 Å². The van der Waals surface area contributed by atoms with Crippen molar-refractivity contribution >= 4 is 51.7 Å². The number of amides is 2. The lowest BCUT2D eigenvalue weighted by Gasteiger charge is -2.13. The van der Waals surface area contributed by atoms with E-state index in [1.165, 1.54) is 36.4 Å². The van der Waals surface area contributed by atoms with Gasteiger partial charge in [-0.15, -0.1) is 0 Å². The van der Waals surface area contributed by atoms with Gasteiger partial charge >= 0.3 is 5.97 Å². The van der Waals surface area contributed by atoms with Gasteiger partial charge in [0.2, 0.25) is 0 Å². The average molecular weight is 428 g/mol. The summed E-state index contributed by atoms with van der Waals surface area (Å²) in [7, 11) is 1.58. The van der Waals surface area contributed by atoms with Crippen molar-refractivity contribution in [1.82, 2.24) is 4.98 Å². The molecule has 2 heterocycles. The number of ether oxygens (including phenoxy) is 1. The molecule has 0 atom stereocenters. The van der Waals surface area contributed by atoms with Gasteiger partial charge in [-0.05, 0) is 43.3 Å². The largest absolute Gasteiger partial charge is 0.462 e. The Hall–Kier alpha value is -3.52. The average Bonchev–Trinajstić information content (AvgIpc) is 2.98. The van der Waals surface area contributed by atoms with Crippen molar-refractivity contribution in [2.75, 3.05) is 23.9 Å². The smallest absolute Gasteiger partial charge is 0.338 e. The number of aromatic nitrogens is 1. The predicted octanol–water partition coefficient (Wildman–Crippen LogP) is 4.05. The van der Waals surface area contributed by atoms with E-state index in [0.29, 0.717) is 5.69 Å². The van der Waals surface area contributed by atoms with E-state index >= 15 is 0 Å². The van der Waals surface area contributed by atoms with Crippen LogP contribution in [0.15, 0.2) is 36.4 Å². The molecule has 4 rings (SSSR count). The number of esters is 1. The fourth-order valence-corrected chi connectivity index (χ4v) is 3.65. The summed E-state index contributed by atoms with van der Waals surface area (Å²) in [5, 5.41) is 2.99. The summed E-state index contributed by atoms with van der Waals surface area (Å²) < 4.78 is 18.9. The zero-order valence-corrected chi connectivity index (χ0v) is 16.7. The van der Waals surface area contributed by atoms with Gasteiger partial charge in [-0.3, -0.25) is 9.59 Å². The van der Waals surface area contributed by atoms with Gasteiger partial charge in [0.25, 0.3) is 11.8 Å². The number of rotatable bonds is 4. The fraction of sp³-hybridized carbons (Fsp3) is 0.143. The molecule has 2 amide bonds. The van der Waals surface area contributed by atoms with Crippen molar-refractivity contribution in [1.29, 1.82) is 0 Å². The van der Waals surface area contributed by atoms with E-state index in [0.717, 1.165) is 4.90 Å². The summed E-state index contributed by atoms with van der Waals surface area (Å²) in [4.78, 5) is 43.0. The minimum Gasteiger partial charge on any atom is -0.462 e. The van der Waals surface area contributed by atoms with Crippen LogP contribution in [0.5, 0.6) is 0 Å². The molecule has 0 saturated heterocycles. The molecule has 1 aliphatic rings. The van der Waals surface area contributed by atoms with E-state index in [2.05, 4.69) is 10.3 Å². The summed E-state index contributed by atoms with van der Waals surface area (Å²) in [6.45, 7) is 1.92. The molecule has 3 aromatic rings. The Morgan fingerprint density at radius 1 is 1.20 bits per heavy atom. The second-order valence-electron chi connectivity index (χ2n) is 6.46. The minimum absolute atomic E-state index is 0.0463. The standard InChI is InChI=1S/C21H15ClFN3O4/c1-3-30-21(29)10-4-6-12(7-5-10)26-19(27)15-16(22)13-8-11(23)9-14(24-2)17(13)25-18(15)20(26)28/h4-9,24H,3H2,1-2H3. The zero-order valence-electron chi connectivity index (χ0n) is 16.0. The molecule has 30 heavy (non-hydrogen) atoms. The summed E-state index contributed by atoms with van der Waals surface area (Å²) >= 11 is 6.41. The molecule has 0 bridgehead atoms. The maximum Gasteiger partial charge on any atom is 0.338 e. The topological polar surface area (TPSA) is 88.6 Å². The molecular weight excluding hydrogens is 413 g/mol. The van der Waals surface area contributed by atoms with Crippen molar-refractivity contribution in [3.63, 3.8) is 0 Å². The maximum absolute atomic E-state index is 14.0. The van der Waals surface area contributed by atoms with Crippen LogP contribution in [0.3, 0.4) is 0 Å². The number of hydrogen-bond donors (Lipinski definition) is 1. The summed E-state index contributed by atoms with van der Waals surface area (Å²) in [5.74, 6) is -2.40. The van der Waals surface area contributed by atoms with E-state index in [1.54, 1.807) is 14.0 Å². The quantitative estimate of drug-likeness (QED) is 0.499. The number of nitrogens with zero attached hydrogens (tertiary/aromatic N) is 2. The summed E-state index contributed by atoms with van der Waals surface area (Å²) in [6.07, 6.45) is 0. The van der Waals surface area contributed by atoms with Crippen molar-refractivity contribution in [3.8, 4) is 0 Å². The molecule has 9 heteroatoms. The van der Waals surface area contributed by atoms with Gasteiger partial charge in [0.15, 0.2) is 0 Å². The van der Waals surface area contributed by atoms with Gasteiger partial charge in [0, 0.05) is 12.4 Å². The Labute approximate surface area is 175 Å². The van der Waals surface area contributed by atoms with Crippen LogP contribution in [0.1, 0.15) is 38.1 Å². The van der Waals surface area contributed by atoms with Gasteiger partial charge < -0.3 is 10.1 Å². The Morgan fingerprint density at radius 2 is 1.90 bits per heavy atom. The number of benzene rings is 2. The lowest BCUT2D eigenvalue weighted by Crippen LogP contribution is -2.29. The second kappa shape index (κ2) is 7.38. The number of anilines is 2. The van der Waals surface area contributed by atoms with Crippen molar-refractivity contribution in [2.24, 2.45) is 0 Å². The lowest BCUT2D eigenvalue weighted by atomic mass is 10.1. The molecule has 0 saturated carbocycles. The third-order valence-corrected chi connectivity index (χ3v) is 5.11. The number of pyridine rings is 1. The predicted molar refractivity (Wildman–Crippen MR) is 110 cm³/mol. The van der Waals surface area contributed by atoms with Gasteiger partial charge in [0.05, 0.1) is 39.6 Å². The summed E-state index contributed by atoms with van der Waals surface area (Å²) in [5.41, 5.74) is 0.950.